The quantitative estimate of drug-likeness (QED) is 0.600. The number of anilines is 1. The fourth-order valence-corrected chi connectivity index (χ4v) is 3.09. The van der Waals surface area contributed by atoms with Crippen LogP contribution in [0.25, 0.3) is 10.8 Å². The highest BCUT2D eigenvalue weighted by Gasteiger charge is 2.14. The van der Waals surface area contributed by atoms with Gasteiger partial charge in [0.2, 0.25) is 5.91 Å². The topological polar surface area (TPSA) is 32.8 Å². The summed E-state index contributed by atoms with van der Waals surface area (Å²) in [6.07, 6.45) is 0. The molecule has 146 valence electrons. The molecule has 0 unspecified atom stereocenters. The van der Waals surface area contributed by atoms with E-state index in [9.17, 15) is 13.6 Å². The average molecular weight is 384 g/mol. The summed E-state index contributed by atoms with van der Waals surface area (Å²) in [6, 6.07) is 20.4. The fourth-order valence-electron chi connectivity index (χ4n) is 3.09. The van der Waals surface area contributed by atoms with Crippen molar-refractivity contribution in [2.24, 2.45) is 0 Å². The molecule has 28 heavy (non-hydrogen) atoms. The minimum Gasteiger partial charge on any atom is -0.435 e. The molecule has 6 heteroatoms. The maximum Gasteiger partial charge on any atom is 0.387 e. The number of carbonyl (C=O) groups excluding carboxylic acids is 1. The lowest BCUT2D eigenvalue weighted by atomic mass is 10.1. The number of hydrogen-bond donors (Lipinski definition) is 0. The first-order valence-electron chi connectivity index (χ1n) is 8.90. The summed E-state index contributed by atoms with van der Waals surface area (Å²) in [5.41, 5.74) is 1.83. The molecule has 0 fully saturated rings. The van der Waals surface area contributed by atoms with Crippen molar-refractivity contribution in [1.29, 1.82) is 0 Å². The lowest BCUT2D eigenvalue weighted by molar-refractivity contribution is -0.128. The second-order valence-electron chi connectivity index (χ2n) is 6.63. The number of nitrogens with zero attached hydrogens (tertiary/aromatic N) is 2. The standard InChI is InChI=1S/C22H22F2N2O2/c1-25(20-9-5-7-17-6-3-4-8-19(17)20)15-21(27)26(2)14-16-10-12-18(13-11-16)28-22(23)24/h3-13,22H,14-15H2,1-2H3. The lowest BCUT2D eigenvalue weighted by Crippen LogP contribution is -2.36. The van der Waals surface area contributed by atoms with E-state index in [0.29, 0.717) is 6.54 Å². The van der Waals surface area contributed by atoms with Gasteiger partial charge in [0, 0.05) is 31.7 Å². The summed E-state index contributed by atoms with van der Waals surface area (Å²) < 4.78 is 28.8. The van der Waals surface area contributed by atoms with Crippen LogP contribution in [0.15, 0.2) is 66.7 Å². The summed E-state index contributed by atoms with van der Waals surface area (Å²) in [6.45, 7) is -2.23. The van der Waals surface area contributed by atoms with Crippen LogP contribution in [0.3, 0.4) is 0 Å². The molecule has 1 amide bonds. The Morgan fingerprint density at radius 1 is 0.964 bits per heavy atom. The molecule has 4 nitrogen and oxygen atoms in total. The first-order chi connectivity index (χ1) is 13.4. The van der Waals surface area contributed by atoms with Crippen molar-refractivity contribution in [3.8, 4) is 5.75 Å². The number of alkyl halides is 2. The molecule has 3 rings (SSSR count). The Labute approximate surface area is 162 Å². The van der Waals surface area contributed by atoms with Crippen LogP contribution < -0.4 is 9.64 Å². The van der Waals surface area contributed by atoms with Crippen molar-refractivity contribution in [2.45, 2.75) is 13.2 Å². The molecular weight excluding hydrogens is 362 g/mol. The van der Waals surface area contributed by atoms with Crippen molar-refractivity contribution < 1.29 is 18.3 Å². The molecule has 0 aromatic heterocycles. The van der Waals surface area contributed by atoms with E-state index < -0.39 is 6.61 Å². The Hall–Kier alpha value is -3.15. The second-order valence-corrected chi connectivity index (χ2v) is 6.63. The summed E-state index contributed by atoms with van der Waals surface area (Å²) in [5, 5.41) is 2.22. The van der Waals surface area contributed by atoms with Crippen LogP contribution in [0.2, 0.25) is 0 Å². The smallest absolute Gasteiger partial charge is 0.387 e. The van der Waals surface area contributed by atoms with Gasteiger partial charge in [0.1, 0.15) is 5.75 Å². The van der Waals surface area contributed by atoms with Crippen LogP contribution in [0.4, 0.5) is 14.5 Å². The predicted molar refractivity (Wildman–Crippen MR) is 107 cm³/mol. The maximum absolute atomic E-state index is 12.6. The highest BCUT2D eigenvalue weighted by Crippen LogP contribution is 2.25. The average Bonchev–Trinajstić information content (AvgIpc) is 2.68. The number of fused-ring (bicyclic) bond motifs is 1. The summed E-state index contributed by atoms with van der Waals surface area (Å²) in [4.78, 5) is 16.2. The third-order valence-corrected chi connectivity index (χ3v) is 4.54. The zero-order chi connectivity index (χ0) is 20.1. The fraction of sp³-hybridized carbons (Fsp3) is 0.227. The van der Waals surface area contributed by atoms with Gasteiger partial charge in [0.15, 0.2) is 0 Å². The van der Waals surface area contributed by atoms with Crippen molar-refractivity contribution in [3.63, 3.8) is 0 Å². The van der Waals surface area contributed by atoms with Crippen molar-refractivity contribution in [1.82, 2.24) is 4.90 Å². The van der Waals surface area contributed by atoms with Crippen LogP contribution in [-0.2, 0) is 11.3 Å². The Kier molecular flexibility index (Phi) is 6.09. The highest BCUT2D eigenvalue weighted by molar-refractivity contribution is 5.95. The third-order valence-electron chi connectivity index (χ3n) is 4.54. The molecule has 0 aliphatic carbocycles. The lowest BCUT2D eigenvalue weighted by Gasteiger charge is -2.24. The van der Waals surface area contributed by atoms with Gasteiger partial charge in [-0.3, -0.25) is 4.79 Å². The van der Waals surface area contributed by atoms with Crippen molar-refractivity contribution in [3.05, 3.63) is 72.3 Å². The molecule has 0 N–H and O–H groups in total. The van der Waals surface area contributed by atoms with E-state index in [-0.39, 0.29) is 18.2 Å². The Morgan fingerprint density at radius 2 is 1.64 bits per heavy atom. The van der Waals surface area contributed by atoms with Crippen molar-refractivity contribution in [2.75, 3.05) is 25.5 Å². The molecule has 0 aliphatic rings. The van der Waals surface area contributed by atoms with Gasteiger partial charge < -0.3 is 14.5 Å². The normalized spacial score (nSPS) is 10.9. The Morgan fingerprint density at radius 3 is 2.36 bits per heavy atom. The van der Waals surface area contributed by atoms with Gasteiger partial charge in [-0.1, -0.05) is 48.5 Å². The van der Waals surface area contributed by atoms with Crippen LogP contribution in [0.1, 0.15) is 5.56 Å². The minimum absolute atomic E-state index is 0.0386. The van der Waals surface area contributed by atoms with Gasteiger partial charge in [-0.05, 0) is 29.1 Å². The van der Waals surface area contributed by atoms with E-state index in [2.05, 4.69) is 4.74 Å². The second kappa shape index (κ2) is 8.69. The van der Waals surface area contributed by atoms with Crippen LogP contribution in [0, 0.1) is 0 Å². The van der Waals surface area contributed by atoms with E-state index in [1.807, 2.05) is 54.4 Å². The minimum atomic E-state index is -2.85. The van der Waals surface area contributed by atoms with E-state index >= 15 is 0 Å². The van der Waals surface area contributed by atoms with Crippen LogP contribution in [-0.4, -0.2) is 38.1 Å². The molecule has 0 saturated heterocycles. The SMILES string of the molecule is CN(Cc1ccc(OC(F)F)cc1)C(=O)CN(C)c1cccc2ccccc12. The molecule has 0 aliphatic heterocycles. The van der Waals surface area contributed by atoms with Crippen LogP contribution in [0.5, 0.6) is 5.75 Å². The number of benzene rings is 3. The Bertz CT molecular complexity index is 939. The first kappa shape index (κ1) is 19.6. The third kappa shape index (κ3) is 4.76. The molecular formula is C22H22F2N2O2. The monoisotopic (exact) mass is 384 g/mol. The van der Waals surface area contributed by atoms with Gasteiger partial charge >= 0.3 is 6.61 Å². The summed E-state index contributed by atoms with van der Waals surface area (Å²) in [5.74, 6) is 0.0618. The predicted octanol–water partition coefficient (Wildman–Crippen LogP) is 4.54. The van der Waals surface area contributed by atoms with Gasteiger partial charge in [-0.15, -0.1) is 0 Å². The van der Waals surface area contributed by atoms with Crippen molar-refractivity contribution >= 4 is 22.4 Å². The van der Waals surface area contributed by atoms with E-state index in [4.69, 9.17) is 0 Å². The number of carbonyl (C=O) groups is 1. The molecule has 0 saturated carbocycles. The van der Waals surface area contributed by atoms with E-state index in [1.165, 1.54) is 12.1 Å². The zero-order valence-electron chi connectivity index (χ0n) is 15.8. The number of rotatable bonds is 7. The first-order valence-corrected chi connectivity index (χ1v) is 8.90. The molecule has 0 bridgehead atoms. The van der Waals surface area contributed by atoms with Gasteiger partial charge in [0.25, 0.3) is 0 Å². The molecule has 0 atom stereocenters. The molecule has 0 spiro atoms. The summed E-state index contributed by atoms with van der Waals surface area (Å²) in [7, 11) is 3.62. The van der Waals surface area contributed by atoms with Gasteiger partial charge in [0.05, 0.1) is 6.54 Å². The number of halogens is 2. The zero-order valence-corrected chi connectivity index (χ0v) is 15.8. The highest BCUT2D eigenvalue weighted by atomic mass is 19.3. The molecule has 3 aromatic rings. The maximum atomic E-state index is 12.6. The summed E-state index contributed by atoms with van der Waals surface area (Å²) >= 11 is 0. The number of hydrogen-bond acceptors (Lipinski definition) is 3. The largest absolute Gasteiger partial charge is 0.435 e. The van der Waals surface area contributed by atoms with Gasteiger partial charge in [-0.25, -0.2) is 0 Å². The number of likely N-dealkylation sites (N-methyl/N-ethyl adjacent to an activating group) is 2. The van der Waals surface area contributed by atoms with E-state index in [1.54, 1.807) is 24.1 Å². The molecule has 0 heterocycles. The van der Waals surface area contributed by atoms with Gasteiger partial charge in [-0.2, -0.15) is 8.78 Å². The Balaban J connectivity index is 1.63. The molecule has 3 aromatic carbocycles. The number of amides is 1. The number of ether oxygens (including phenoxy) is 1. The van der Waals surface area contributed by atoms with Crippen LogP contribution >= 0.6 is 0 Å². The molecule has 0 radical (unpaired) electrons. The van der Waals surface area contributed by atoms with E-state index in [0.717, 1.165) is 22.0 Å².